The van der Waals surface area contributed by atoms with Gasteiger partial charge in [0.25, 0.3) is 0 Å². The van der Waals surface area contributed by atoms with E-state index in [1.165, 1.54) is 29.7 Å². The number of rotatable bonds is 10. The van der Waals surface area contributed by atoms with Gasteiger partial charge in [-0.05, 0) is 49.9 Å². The number of sulfonamides is 1. The number of guanidine groups is 1. The van der Waals surface area contributed by atoms with Crippen molar-refractivity contribution in [1.29, 1.82) is 0 Å². The van der Waals surface area contributed by atoms with Crippen molar-refractivity contribution in [3.63, 3.8) is 0 Å². The zero-order chi connectivity index (χ0) is 21.2. The lowest BCUT2D eigenvalue weighted by atomic mass is 10.1. The van der Waals surface area contributed by atoms with Gasteiger partial charge >= 0.3 is 0 Å². The van der Waals surface area contributed by atoms with Crippen LogP contribution in [0.25, 0.3) is 0 Å². The first kappa shape index (κ1) is 22.7. The molecule has 1 aromatic heterocycles. The normalized spacial score (nSPS) is 16.5. The molecule has 3 rings (SSSR count). The zero-order valence-corrected chi connectivity index (χ0v) is 19.0. The van der Waals surface area contributed by atoms with Crippen molar-refractivity contribution in [2.24, 2.45) is 4.99 Å². The van der Waals surface area contributed by atoms with Gasteiger partial charge in [0.1, 0.15) is 4.21 Å². The lowest BCUT2D eigenvalue weighted by Gasteiger charge is -2.27. The molecule has 0 saturated carbocycles. The summed E-state index contributed by atoms with van der Waals surface area (Å²) in [5.74, 6) is 0.702. The minimum absolute atomic E-state index is 0.251. The van der Waals surface area contributed by atoms with Crippen LogP contribution in [0.2, 0.25) is 0 Å². The molecule has 7 nitrogen and oxygen atoms in total. The van der Waals surface area contributed by atoms with E-state index in [0.29, 0.717) is 29.8 Å². The summed E-state index contributed by atoms with van der Waals surface area (Å²) in [5, 5.41) is 8.24. The third kappa shape index (κ3) is 6.53. The fourth-order valence-electron chi connectivity index (χ4n) is 3.53. The summed E-state index contributed by atoms with van der Waals surface area (Å²) in [6.45, 7) is 6.36. The lowest BCUT2D eigenvalue weighted by Crippen LogP contribution is -2.42. The topological polar surface area (TPSA) is 85.8 Å². The van der Waals surface area contributed by atoms with Gasteiger partial charge in [-0.3, -0.25) is 9.89 Å². The Morgan fingerprint density at radius 1 is 1.10 bits per heavy atom. The quantitative estimate of drug-likeness (QED) is 0.295. The molecule has 1 aliphatic rings. The molecule has 1 aromatic carbocycles. The van der Waals surface area contributed by atoms with Crippen LogP contribution in [-0.4, -0.2) is 58.5 Å². The molecule has 0 amide bonds. The highest BCUT2D eigenvalue weighted by molar-refractivity contribution is 7.91. The molecule has 164 valence electrons. The molecule has 1 atom stereocenters. The Labute approximate surface area is 183 Å². The van der Waals surface area contributed by atoms with Gasteiger partial charge in [0, 0.05) is 19.6 Å². The second kappa shape index (κ2) is 11.5. The van der Waals surface area contributed by atoms with E-state index < -0.39 is 10.0 Å². The Balaban J connectivity index is 1.57. The number of hydrogen-bond acceptors (Lipinski definition) is 5. The molecule has 2 heterocycles. The smallest absolute Gasteiger partial charge is 0.250 e. The SMILES string of the molecule is CCNC(=NCC(c1ccccc1)N1CCCC1)NCCNS(=O)(=O)c1cccs1. The number of benzene rings is 1. The standard InChI is InChI=1S/C21H31N5O2S2/c1-2-22-21(23-12-13-25-30(27,28)20-11-8-16-29-20)24-17-19(26-14-6-7-15-26)18-9-4-3-5-10-18/h3-5,8-11,16,19,25H,2,6-7,12-15,17H2,1H3,(H2,22,23,24). The second-order valence-electron chi connectivity index (χ2n) is 7.15. The monoisotopic (exact) mass is 449 g/mol. The highest BCUT2D eigenvalue weighted by Crippen LogP contribution is 2.25. The van der Waals surface area contributed by atoms with Gasteiger partial charge in [-0.25, -0.2) is 13.1 Å². The Kier molecular flexibility index (Phi) is 8.68. The van der Waals surface area contributed by atoms with Crippen LogP contribution in [0.4, 0.5) is 0 Å². The first-order valence-corrected chi connectivity index (χ1v) is 12.8. The fraction of sp³-hybridized carbons (Fsp3) is 0.476. The van der Waals surface area contributed by atoms with E-state index in [9.17, 15) is 8.42 Å². The first-order chi connectivity index (χ1) is 14.6. The predicted octanol–water partition coefficient (Wildman–Crippen LogP) is 2.42. The number of hydrogen-bond donors (Lipinski definition) is 3. The average Bonchev–Trinajstić information content (AvgIpc) is 3.46. The highest BCUT2D eigenvalue weighted by atomic mass is 32.2. The Morgan fingerprint density at radius 2 is 1.87 bits per heavy atom. The molecule has 9 heteroatoms. The minimum Gasteiger partial charge on any atom is -0.357 e. The molecular weight excluding hydrogens is 418 g/mol. The Morgan fingerprint density at radius 3 is 2.53 bits per heavy atom. The van der Waals surface area contributed by atoms with E-state index in [0.717, 1.165) is 19.6 Å². The van der Waals surface area contributed by atoms with Gasteiger partial charge in [-0.2, -0.15) is 0 Å². The third-order valence-electron chi connectivity index (χ3n) is 5.00. The van der Waals surface area contributed by atoms with Crippen LogP contribution in [0.5, 0.6) is 0 Å². The van der Waals surface area contributed by atoms with Crippen LogP contribution < -0.4 is 15.4 Å². The molecule has 0 radical (unpaired) electrons. The van der Waals surface area contributed by atoms with Gasteiger partial charge < -0.3 is 10.6 Å². The van der Waals surface area contributed by atoms with Crippen LogP contribution in [0.15, 0.2) is 57.0 Å². The largest absolute Gasteiger partial charge is 0.357 e. The summed E-state index contributed by atoms with van der Waals surface area (Å²) >= 11 is 1.21. The van der Waals surface area contributed by atoms with Crippen LogP contribution in [0, 0.1) is 0 Å². The van der Waals surface area contributed by atoms with Crippen LogP contribution in [-0.2, 0) is 10.0 Å². The van der Waals surface area contributed by atoms with E-state index in [4.69, 9.17) is 4.99 Å². The van der Waals surface area contributed by atoms with Gasteiger partial charge in [-0.1, -0.05) is 36.4 Å². The van der Waals surface area contributed by atoms with E-state index >= 15 is 0 Å². The first-order valence-electron chi connectivity index (χ1n) is 10.4. The van der Waals surface area contributed by atoms with E-state index in [2.05, 4.69) is 44.5 Å². The van der Waals surface area contributed by atoms with Crippen molar-refractivity contribution in [1.82, 2.24) is 20.3 Å². The summed E-state index contributed by atoms with van der Waals surface area (Å²) in [4.78, 5) is 7.29. The van der Waals surface area contributed by atoms with Gasteiger partial charge in [0.2, 0.25) is 10.0 Å². The van der Waals surface area contributed by atoms with Crippen LogP contribution in [0.1, 0.15) is 31.4 Å². The van der Waals surface area contributed by atoms with Crippen molar-refractivity contribution in [2.75, 3.05) is 39.3 Å². The van der Waals surface area contributed by atoms with E-state index in [-0.39, 0.29) is 6.04 Å². The molecule has 2 aromatic rings. The molecule has 1 saturated heterocycles. The van der Waals surface area contributed by atoms with Crippen molar-refractivity contribution in [2.45, 2.75) is 30.0 Å². The van der Waals surface area contributed by atoms with E-state index in [1.54, 1.807) is 17.5 Å². The van der Waals surface area contributed by atoms with Crippen molar-refractivity contribution < 1.29 is 8.42 Å². The van der Waals surface area contributed by atoms with E-state index in [1.807, 2.05) is 13.0 Å². The summed E-state index contributed by atoms with van der Waals surface area (Å²) in [7, 11) is -3.44. The number of likely N-dealkylation sites (tertiary alicyclic amines) is 1. The summed E-state index contributed by atoms with van der Waals surface area (Å²) in [6, 6.07) is 14.1. The molecule has 1 unspecified atom stereocenters. The zero-order valence-electron chi connectivity index (χ0n) is 17.4. The maximum atomic E-state index is 12.2. The summed E-state index contributed by atoms with van der Waals surface area (Å²) < 4.78 is 27.4. The molecule has 1 fully saturated rings. The number of thiophene rings is 1. The number of nitrogens with one attached hydrogen (secondary N) is 3. The van der Waals surface area contributed by atoms with Crippen molar-refractivity contribution in [3.8, 4) is 0 Å². The van der Waals surface area contributed by atoms with Gasteiger partial charge in [-0.15, -0.1) is 11.3 Å². The van der Waals surface area contributed by atoms with Crippen molar-refractivity contribution >= 4 is 27.3 Å². The van der Waals surface area contributed by atoms with Gasteiger partial charge in [0.05, 0.1) is 12.6 Å². The molecular formula is C21H31N5O2S2. The minimum atomic E-state index is -3.44. The number of aliphatic imine (C=N–C) groups is 1. The number of nitrogens with zero attached hydrogens (tertiary/aromatic N) is 2. The van der Waals surface area contributed by atoms with Crippen LogP contribution >= 0.6 is 11.3 Å². The average molecular weight is 450 g/mol. The maximum Gasteiger partial charge on any atom is 0.250 e. The third-order valence-corrected chi connectivity index (χ3v) is 7.86. The van der Waals surface area contributed by atoms with Gasteiger partial charge in [0.15, 0.2) is 5.96 Å². The summed E-state index contributed by atoms with van der Waals surface area (Å²) in [6.07, 6.45) is 2.46. The Hall–Kier alpha value is -1.94. The van der Waals surface area contributed by atoms with Crippen molar-refractivity contribution in [3.05, 3.63) is 53.4 Å². The molecule has 0 aliphatic carbocycles. The molecule has 0 bridgehead atoms. The predicted molar refractivity (Wildman–Crippen MR) is 123 cm³/mol. The summed E-state index contributed by atoms with van der Waals surface area (Å²) in [5.41, 5.74) is 1.28. The Bertz CT molecular complexity index is 879. The molecule has 3 N–H and O–H groups in total. The van der Waals surface area contributed by atoms with Crippen LogP contribution in [0.3, 0.4) is 0 Å². The second-order valence-corrected chi connectivity index (χ2v) is 10.1. The highest BCUT2D eigenvalue weighted by Gasteiger charge is 2.23. The maximum absolute atomic E-state index is 12.2. The molecule has 0 spiro atoms. The molecule has 30 heavy (non-hydrogen) atoms. The lowest BCUT2D eigenvalue weighted by molar-refractivity contribution is 0.251. The molecule has 1 aliphatic heterocycles. The fourth-order valence-corrected chi connectivity index (χ4v) is 5.60.